The first-order valence-corrected chi connectivity index (χ1v) is 26.2. The number of pyridine rings is 1. The highest BCUT2D eigenvalue weighted by Gasteiger charge is 2.21. The van der Waals surface area contributed by atoms with Crippen LogP contribution in [-0.2, 0) is 0 Å². The van der Waals surface area contributed by atoms with Crippen LogP contribution in [0.1, 0.15) is 0 Å². The van der Waals surface area contributed by atoms with Crippen LogP contribution in [0.3, 0.4) is 0 Å². The molecular weight excluding hydrogens is 959 g/mol. The summed E-state index contributed by atoms with van der Waals surface area (Å²) in [5, 5.41) is 11.2. The maximum atomic E-state index is 7.05. The topological polar surface area (TPSA) is 75.3 Å². The molecule has 0 aliphatic carbocycles. The highest BCUT2D eigenvalue weighted by atomic mass is 16.3. The summed E-state index contributed by atoms with van der Waals surface area (Å²) in [6.45, 7) is 0. The van der Waals surface area contributed by atoms with Crippen molar-refractivity contribution in [1.82, 2.24) is 14.1 Å². The first-order chi connectivity index (χ1) is 38.7. The largest absolute Gasteiger partial charge is 0.455 e. The molecular formula is C71H41N3O4. The molecule has 0 saturated carbocycles. The van der Waals surface area contributed by atoms with Crippen molar-refractivity contribution in [2.24, 2.45) is 0 Å². The van der Waals surface area contributed by atoms with Crippen molar-refractivity contribution < 1.29 is 17.7 Å². The second kappa shape index (κ2) is 16.4. The molecule has 0 atom stereocenters. The first kappa shape index (κ1) is 42.7. The van der Waals surface area contributed by atoms with Gasteiger partial charge in [-0.3, -0.25) is 4.98 Å². The molecule has 0 spiro atoms. The zero-order chi connectivity index (χ0) is 51.0. The minimum Gasteiger partial charge on any atom is -0.455 e. The van der Waals surface area contributed by atoms with Gasteiger partial charge in [0.25, 0.3) is 0 Å². The summed E-state index contributed by atoms with van der Waals surface area (Å²) in [5.41, 5.74) is 16.8. The lowest BCUT2D eigenvalue weighted by Crippen LogP contribution is -2.00. The monoisotopic (exact) mass is 999 g/mol. The zero-order valence-electron chi connectivity index (χ0n) is 41.6. The fraction of sp³-hybridized carbons (Fsp3) is 0. The van der Waals surface area contributed by atoms with E-state index in [-0.39, 0.29) is 0 Å². The second-order valence-electron chi connectivity index (χ2n) is 20.2. The van der Waals surface area contributed by atoms with Crippen LogP contribution in [0.4, 0.5) is 0 Å². The van der Waals surface area contributed by atoms with Gasteiger partial charge in [-0.2, -0.15) is 0 Å². The van der Waals surface area contributed by atoms with Crippen LogP contribution in [-0.4, -0.2) is 14.1 Å². The lowest BCUT2D eigenvalue weighted by atomic mass is 9.92. The standard InChI is InChI=1S/C71H41N3O4/c1-3-17-44(18-4-1)73-59-27-9-13-31-65(59)75-67-39-56-48-34-33-42(46-23-15-25-51-49-21-7-11-29-63(49)77-70(46)51)35-53(48)54-37-62-68(76-66-32-14-10-28-60(66)74(62)45-19-5-2-6-20-45)40-58(54)69-57(55(56)38-61(67)73)36-43(41-72-69)47-24-16-26-52-50-22-8-12-30-64(50)78-71(47)52/h1-41H. The molecule has 0 unspecified atom stereocenters. The van der Waals surface area contributed by atoms with Crippen molar-refractivity contribution in [1.29, 1.82) is 0 Å². The molecule has 78 heavy (non-hydrogen) atoms. The fourth-order valence-electron chi connectivity index (χ4n) is 12.3. The van der Waals surface area contributed by atoms with Gasteiger partial charge in [0.15, 0.2) is 22.3 Å². The van der Waals surface area contributed by atoms with E-state index in [4.69, 9.17) is 22.7 Å². The van der Waals surface area contributed by atoms with Crippen molar-refractivity contribution in [3.8, 4) is 33.6 Å². The van der Waals surface area contributed by atoms with E-state index < -0.39 is 0 Å². The summed E-state index contributed by atoms with van der Waals surface area (Å²) in [6.07, 6.45) is 2.01. The molecule has 0 amide bonds. The van der Waals surface area contributed by atoms with E-state index in [9.17, 15) is 0 Å². The van der Waals surface area contributed by atoms with E-state index in [2.05, 4.69) is 203 Å². The summed E-state index contributed by atoms with van der Waals surface area (Å²) in [6, 6.07) is 85.2. The first-order valence-electron chi connectivity index (χ1n) is 26.2. The molecule has 5 aromatic heterocycles. The van der Waals surface area contributed by atoms with Gasteiger partial charge in [0.05, 0.1) is 27.6 Å². The maximum Gasteiger partial charge on any atom is 0.152 e. The summed E-state index contributed by atoms with van der Waals surface area (Å²) < 4.78 is 32.2. The van der Waals surface area contributed by atoms with E-state index in [1.807, 2.05) is 54.7 Å². The minimum absolute atomic E-state index is 0.719. The summed E-state index contributed by atoms with van der Waals surface area (Å²) >= 11 is 0. The molecule has 0 radical (unpaired) electrons. The van der Waals surface area contributed by atoms with Gasteiger partial charge in [0.1, 0.15) is 22.3 Å². The van der Waals surface area contributed by atoms with Crippen LogP contribution in [0.25, 0.3) is 165 Å². The van der Waals surface area contributed by atoms with Crippen LogP contribution in [0.15, 0.2) is 267 Å². The van der Waals surface area contributed by atoms with Gasteiger partial charge >= 0.3 is 0 Å². The Kier molecular flexibility index (Phi) is 9.00. The van der Waals surface area contributed by atoms with Crippen molar-refractivity contribution in [2.75, 3.05) is 0 Å². The van der Waals surface area contributed by atoms with Crippen LogP contribution >= 0.6 is 0 Å². The van der Waals surface area contributed by atoms with E-state index in [0.717, 1.165) is 165 Å². The summed E-state index contributed by atoms with van der Waals surface area (Å²) in [5.74, 6) is 0. The predicted octanol–water partition coefficient (Wildman–Crippen LogP) is 19.9. The Morgan fingerprint density at radius 2 is 0.692 bits per heavy atom. The molecule has 0 saturated heterocycles. The molecule has 7 nitrogen and oxygen atoms in total. The predicted molar refractivity (Wildman–Crippen MR) is 319 cm³/mol. The van der Waals surface area contributed by atoms with Crippen LogP contribution in [0, 0.1) is 0 Å². The molecule has 17 rings (SSSR count). The Morgan fingerprint density at radius 1 is 0.256 bits per heavy atom. The zero-order valence-corrected chi connectivity index (χ0v) is 41.6. The highest BCUT2D eigenvalue weighted by molar-refractivity contribution is 6.28. The molecule has 17 aromatic rings. The quantitative estimate of drug-likeness (QED) is 0.164. The normalized spacial score (nSPS) is 12.1. The number of furan rings is 2. The maximum absolute atomic E-state index is 7.05. The van der Waals surface area contributed by atoms with Crippen LogP contribution in [0.2, 0.25) is 0 Å². The van der Waals surface area contributed by atoms with Gasteiger partial charge in [-0.05, 0) is 130 Å². The fourth-order valence-corrected chi connectivity index (χ4v) is 12.3. The number of fused-ring (bicyclic) bond motifs is 18. The lowest BCUT2D eigenvalue weighted by molar-refractivity contribution is 0.653. The minimum atomic E-state index is 0.719. The van der Waals surface area contributed by atoms with Crippen molar-refractivity contribution in [2.45, 2.75) is 0 Å². The Hall–Kier alpha value is -10.6. The number of nitrogens with zero attached hydrogens (tertiary/aromatic N) is 3. The van der Waals surface area contributed by atoms with Crippen LogP contribution < -0.4 is 0 Å². The molecule has 5 heterocycles. The average Bonchev–Trinajstić information content (AvgIpc) is 4.22. The summed E-state index contributed by atoms with van der Waals surface area (Å²) in [4.78, 5) is 5.64. The van der Waals surface area contributed by atoms with Crippen molar-refractivity contribution in [3.05, 3.63) is 249 Å². The molecule has 0 bridgehead atoms. The molecule has 0 aliphatic heterocycles. The molecule has 0 N–H and O–H groups in total. The molecule has 0 fully saturated rings. The Morgan fingerprint density at radius 3 is 1.27 bits per heavy atom. The van der Waals surface area contributed by atoms with Crippen LogP contribution in [0.5, 0.6) is 0 Å². The smallest absolute Gasteiger partial charge is 0.152 e. The van der Waals surface area contributed by atoms with Gasteiger partial charge in [-0.1, -0.05) is 146 Å². The third-order valence-corrected chi connectivity index (χ3v) is 15.8. The van der Waals surface area contributed by atoms with Gasteiger partial charge in [0, 0.05) is 66.6 Å². The van der Waals surface area contributed by atoms with Crippen molar-refractivity contribution in [3.63, 3.8) is 0 Å². The van der Waals surface area contributed by atoms with Gasteiger partial charge < -0.3 is 26.8 Å². The lowest BCUT2D eigenvalue weighted by Gasteiger charge is -2.18. The molecule has 364 valence electrons. The van der Waals surface area contributed by atoms with Crippen molar-refractivity contribution >= 4 is 131 Å². The van der Waals surface area contributed by atoms with E-state index in [1.165, 1.54) is 0 Å². The Labute approximate surface area is 443 Å². The number of hydrogen-bond acceptors (Lipinski definition) is 5. The second-order valence-corrected chi connectivity index (χ2v) is 20.2. The highest BCUT2D eigenvalue weighted by Crippen LogP contribution is 2.45. The molecule has 0 aliphatic rings. The Balaban J connectivity index is 1.10. The SMILES string of the molecule is c1ccc(-n2c3ccccc3oc3cc4c5ccc(-c6cccc7c6oc6ccccc67)cc5c5cc6c(cc5c5ncc(-c7cccc8c7oc7ccccc78)cc5c4cc32)oc2ccccc2n6-c2ccccc2)cc1. The average molecular weight is 1000 g/mol. The molecule has 12 aromatic carbocycles. The number of rotatable bonds is 4. The van der Waals surface area contributed by atoms with E-state index in [1.54, 1.807) is 0 Å². The number of hydrogen-bond donors (Lipinski definition) is 0. The Bertz CT molecular complexity index is 5120. The number of para-hydroxylation sites is 10. The van der Waals surface area contributed by atoms with Gasteiger partial charge in [-0.15, -0.1) is 0 Å². The van der Waals surface area contributed by atoms with E-state index >= 15 is 0 Å². The molecule has 7 heteroatoms. The number of benzene rings is 11. The summed E-state index contributed by atoms with van der Waals surface area (Å²) in [7, 11) is 0. The number of aromatic nitrogens is 3. The van der Waals surface area contributed by atoms with Gasteiger partial charge in [-0.25, -0.2) is 0 Å². The third kappa shape index (κ3) is 6.30. The van der Waals surface area contributed by atoms with Gasteiger partial charge in [0.2, 0.25) is 0 Å². The van der Waals surface area contributed by atoms with E-state index in [0.29, 0.717) is 0 Å². The third-order valence-electron chi connectivity index (χ3n) is 15.8.